The first kappa shape index (κ1) is 34.2. The van der Waals surface area contributed by atoms with E-state index in [2.05, 4.69) is 36.0 Å². The third-order valence-corrected chi connectivity index (χ3v) is 7.77. The Labute approximate surface area is 280 Å². The van der Waals surface area contributed by atoms with Crippen molar-refractivity contribution < 1.29 is 28.3 Å². The first-order valence-electron chi connectivity index (χ1n) is 15.1. The van der Waals surface area contributed by atoms with Gasteiger partial charge in [0.05, 0.1) is 17.1 Å². The molecule has 1 saturated heterocycles. The number of hydrogen-bond donors (Lipinski definition) is 3. The average molecular weight is 680 g/mol. The number of rotatable bonds is 9. The molecule has 1 aliphatic heterocycles. The molecule has 3 N–H and O–H groups in total. The minimum atomic E-state index is -1.28. The van der Waals surface area contributed by atoms with Crippen molar-refractivity contribution in [2.75, 3.05) is 38.5 Å². The van der Waals surface area contributed by atoms with Crippen LogP contribution in [0.25, 0.3) is 22.7 Å². The van der Waals surface area contributed by atoms with Gasteiger partial charge in [-0.2, -0.15) is 4.68 Å². The zero-order chi connectivity index (χ0) is 34.6. The largest absolute Gasteiger partial charge is 0.455 e. The summed E-state index contributed by atoms with van der Waals surface area (Å²) in [5.41, 5.74) is 0.741. The number of benzene rings is 2. The van der Waals surface area contributed by atoms with E-state index in [1.165, 1.54) is 29.2 Å². The van der Waals surface area contributed by atoms with Crippen LogP contribution in [-0.2, 0) is 19.1 Å². The number of fused-ring (bicyclic) bond motifs is 1. The number of hydrogen-bond acceptors (Lipinski definition) is 9. The number of carbonyl (C=O) groups is 4. The summed E-state index contributed by atoms with van der Waals surface area (Å²) in [6, 6.07) is 8.11. The fourth-order valence-corrected chi connectivity index (χ4v) is 5.18. The highest BCUT2D eigenvalue weighted by molar-refractivity contribution is 6.31. The Morgan fingerprint density at radius 2 is 1.85 bits per heavy atom. The molecule has 1 aliphatic rings. The van der Waals surface area contributed by atoms with Gasteiger partial charge in [0.2, 0.25) is 17.7 Å². The van der Waals surface area contributed by atoms with Crippen LogP contribution in [0.3, 0.4) is 0 Å². The second-order valence-electron chi connectivity index (χ2n) is 12.3. The highest BCUT2D eigenvalue weighted by Gasteiger charge is 2.28. The number of esters is 1. The van der Waals surface area contributed by atoms with E-state index >= 15 is 4.39 Å². The van der Waals surface area contributed by atoms with Crippen LogP contribution in [0.5, 0.6) is 0 Å². The van der Waals surface area contributed by atoms with E-state index in [0.29, 0.717) is 42.8 Å². The lowest BCUT2D eigenvalue weighted by atomic mass is 10.1. The fraction of sp³-hybridized carbons (Fsp3) is 0.344. The molecule has 5 rings (SSSR count). The normalized spacial score (nSPS) is 14.7. The van der Waals surface area contributed by atoms with Crippen molar-refractivity contribution in [3.8, 4) is 5.69 Å². The molecule has 1 atom stereocenters. The molecule has 1 unspecified atom stereocenters. The van der Waals surface area contributed by atoms with Crippen molar-refractivity contribution in [3.05, 3.63) is 70.9 Å². The van der Waals surface area contributed by atoms with Gasteiger partial charge in [-0.1, -0.05) is 11.6 Å². The van der Waals surface area contributed by atoms with E-state index in [4.69, 9.17) is 16.3 Å². The number of aromatic nitrogens is 5. The predicted molar refractivity (Wildman–Crippen MR) is 176 cm³/mol. The predicted octanol–water partition coefficient (Wildman–Crippen LogP) is 3.19. The highest BCUT2D eigenvalue weighted by atomic mass is 35.5. The summed E-state index contributed by atoms with van der Waals surface area (Å²) in [7, 11) is 1.95. The number of nitrogens with zero attached hydrogens (tertiary/aromatic N) is 6. The van der Waals surface area contributed by atoms with Crippen molar-refractivity contribution in [1.29, 1.82) is 0 Å². The van der Waals surface area contributed by atoms with E-state index in [1.807, 2.05) is 7.05 Å². The van der Waals surface area contributed by atoms with Crippen LogP contribution in [0.4, 0.5) is 10.1 Å². The molecule has 3 heterocycles. The number of H-pyrrole nitrogens is 1. The van der Waals surface area contributed by atoms with Crippen LogP contribution in [0.15, 0.2) is 48.8 Å². The molecule has 2 aromatic carbocycles. The SMILES string of the molecule is CN1CCN(C(=O)CC(NC(=O)C=Cc2c(-n3cnnn3)ccc(Cl)c2F)C(=O)Nc2ccc3[nH]c(C(=O)OC(C)(C)C)cc3c2)CC1. The summed E-state index contributed by atoms with van der Waals surface area (Å²) >= 11 is 5.99. The zero-order valence-electron chi connectivity index (χ0n) is 26.8. The van der Waals surface area contributed by atoms with Crippen LogP contribution in [0.2, 0.25) is 5.02 Å². The average Bonchev–Trinajstić information content (AvgIpc) is 3.71. The molecule has 16 heteroatoms. The van der Waals surface area contributed by atoms with Crippen molar-refractivity contribution in [2.45, 2.75) is 38.8 Å². The minimum Gasteiger partial charge on any atom is -0.455 e. The number of halogens is 2. The van der Waals surface area contributed by atoms with Gasteiger partial charge in [0.25, 0.3) is 0 Å². The van der Waals surface area contributed by atoms with Gasteiger partial charge in [0.15, 0.2) is 5.82 Å². The molecule has 14 nitrogen and oxygen atoms in total. The van der Waals surface area contributed by atoms with Gasteiger partial charge < -0.3 is 30.2 Å². The zero-order valence-corrected chi connectivity index (χ0v) is 27.5. The van der Waals surface area contributed by atoms with Crippen molar-refractivity contribution in [2.24, 2.45) is 0 Å². The summed E-state index contributed by atoms with van der Waals surface area (Å²) in [4.78, 5) is 59.3. The second kappa shape index (κ2) is 14.3. The lowest BCUT2D eigenvalue weighted by molar-refractivity contribution is -0.135. The minimum absolute atomic E-state index is 0.0648. The maximum absolute atomic E-state index is 15.0. The Morgan fingerprint density at radius 1 is 1.10 bits per heavy atom. The molecule has 0 aliphatic carbocycles. The van der Waals surface area contributed by atoms with Crippen molar-refractivity contribution in [3.63, 3.8) is 0 Å². The summed E-state index contributed by atoms with van der Waals surface area (Å²) in [5.74, 6) is -3.04. The molecule has 4 aromatic rings. The summed E-state index contributed by atoms with van der Waals surface area (Å²) < 4.78 is 21.7. The van der Waals surface area contributed by atoms with Gasteiger partial charge in [0.1, 0.15) is 23.7 Å². The number of anilines is 1. The van der Waals surface area contributed by atoms with Crippen LogP contribution < -0.4 is 10.6 Å². The summed E-state index contributed by atoms with van der Waals surface area (Å²) in [6.45, 7) is 7.62. The van der Waals surface area contributed by atoms with Gasteiger partial charge in [-0.3, -0.25) is 14.4 Å². The summed E-state index contributed by atoms with van der Waals surface area (Å²) in [5, 5.41) is 16.7. The molecule has 3 amide bonds. The molecule has 2 aromatic heterocycles. The fourth-order valence-electron chi connectivity index (χ4n) is 5.02. The summed E-state index contributed by atoms with van der Waals surface area (Å²) in [6.07, 6.45) is 3.17. The van der Waals surface area contributed by atoms with Gasteiger partial charge in [-0.15, -0.1) is 5.10 Å². The van der Waals surface area contributed by atoms with Crippen molar-refractivity contribution >= 4 is 58.0 Å². The number of tetrazole rings is 1. The maximum Gasteiger partial charge on any atom is 0.355 e. The first-order chi connectivity index (χ1) is 22.8. The Hall–Kier alpha value is -5.15. The molecule has 0 radical (unpaired) electrons. The van der Waals surface area contributed by atoms with E-state index in [1.54, 1.807) is 49.9 Å². The van der Waals surface area contributed by atoms with Crippen LogP contribution >= 0.6 is 11.6 Å². The smallest absolute Gasteiger partial charge is 0.355 e. The first-order valence-corrected chi connectivity index (χ1v) is 15.5. The molecule has 48 heavy (non-hydrogen) atoms. The van der Waals surface area contributed by atoms with E-state index < -0.39 is 35.2 Å². The number of likely N-dealkylation sites (N-methyl/N-ethyl adjacent to an activating group) is 1. The number of ether oxygens (including phenoxy) is 1. The molecule has 0 saturated carbocycles. The topological polar surface area (TPSA) is 167 Å². The number of carbonyl (C=O) groups excluding carboxylic acids is 4. The van der Waals surface area contributed by atoms with E-state index in [9.17, 15) is 19.2 Å². The Morgan fingerprint density at radius 3 is 2.54 bits per heavy atom. The second-order valence-corrected chi connectivity index (χ2v) is 12.7. The molecule has 0 spiro atoms. The van der Waals surface area contributed by atoms with Gasteiger partial charge in [-0.25, -0.2) is 9.18 Å². The third-order valence-electron chi connectivity index (χ3n) is 7.48. The van der Waals surface area contributed by atoms with E-state index in [-0.39, 0.29) is 34.3 Å². The number of amides is 3. The molecule has 0 bridgehead atoms. The molecular formula is C32H35ClFN9O5. The van der Waals surface area contributed by atoms with Gasteiger partial charge >= 0.3 is 5.97 Å². The van der Waals surface area contributed by atoms with Crippen molar-refractivity contribution in [1.82, 2.24) is 40.3 Å². The Bertz CT molecular complexity index is 1860. The van der Waals surface area contributed by atoms with Gasteiger partial charge in [0, 0.05) is 54.4 Å². The molecule has 252 valence electrons. The number of piperazine rings is 1. The lowest BCUT2D eigenvalue weighted by Crippen LogP contribution is -2.51. The monoisotopic (exact) mass is 679 g/mol. The van der Waals surface area contributed by atoms with Crippen LogP contribution in [0.1, 0.15) is 43.2 Å². The van der Waals surface area contributed by atoms with E-state index in [0.717, 1.165) is 6.08 Å². The Balaban J connectivity index is 1.35. The quantitative estimate of drug-likeness (QED) is 0.178. The number of nitrogens with one attached hydrogen (secondary N) is 3. The standard InChI is InChI=1S/C32H35ClFN9O5/c1-32(2,3)48-31(47)25-16-19-15-20(5-8-23(19)37-25)36-30(46)24(17-28(45)42-13-11-41(4)12-14-42)38-27(44)10-6-21-26(43-18-35-39-40-43)9-7-22(33)29(21)34/h5-10,15-16,18,24,37H,11-14,17H2,1-4H3,(H,36,46)(H,38,44). The Kier molecular flexibility index (Phi) is 10.2. The molecule has 1 fully saturated rings. The lowest BCUT2D eigenvalue weighted by Gasteiger charge is -2.33. The highest BCUT2D eigenvalue weighted by Crippen LogP contribution is 2.26. The van der Waals surface area contributed by atoms with Gasteiger partial charge in [-0.05, 0) is 80.7 Å². The number of aromatic amines is 1. The third kappa shape index (κ3) is 8.41. The van der Waals surface area contributed by atoms with Crippen LogP contribution in [-0.4, -0.2) is 104 Å². The van der Waals surface area contributed by atoms with Crippen LogP contribution in [0, 0.1) is 5.82 Å². The molecular weight excluding hydrogens is 645 g/mol. The maximum atomic E-state index is 15.0.